The van der Waals surface area contributed by atoms with Crippen molar-refractivity contribution in [2.24, 2.45) is 5.73 Å². The number of fused-ring (bicyclic) bond motifs is 1. The number of aryl methyl sites for hydroxylation is 1. The molecular formula is C31H39N4O8PS2. The van der Waals surface area contributed by atoms with Crippen molar-refractivity contribution in [3.8, 4) is 0 Å². The number of amides is 3. The van der Waals surface area contributed by atoms with Crippen LogP contribution in [0.3, 0.4) is 0 Å². The Morgan fingerprint density at radius 3 is 2.35 bits per heavy atom. The number of benzene rings is 3. The molecule has 12 nitrogen and oxygen atoms in total. The molecular weight excluding hydrogens is 651 g/mol. The lowest BCUT2D eigenvalue weighted by atomic mass is 9.98. The monoisotopic (exact) mass is 690 g/mol. The van der Waals surface area contributed by atoms with Crippen molar-refractivity contribution in [2.75, 3.05) is 23.5 Å². The number of nitrogens with two attached hydrogens (primary N) is 1. The van der Waals surface area contributed by atoms with E-state index < -0.39 is 59.0 Å². The van der Waals surface area contributed by atoms with E-state index in [9.17, 15) is 37.2 Å². The van der Waals surface area contributed by atoms with Crippen LogP contribution in [0.1, 0.15) is 30.4 Å². The van der Waals surface area contributed by atoms with E-state index in [4.69, 9.17) is 5.73 Å². The Labute approximate surface area is 272 Å². The first-order valence-electron chi connectivity index (χ1n) is 14.9. The first-order chi connectivity index (χ1) is 21.8. The summed E-state index contributed by atoms with van der Waals surface area (Å²) in [6, 6.07) is 18.9. The van der Waals surface area contributed by atoms with Gasteiger partial charge in [0.05, 0.1) is 11.2 Å². The minimum atomic E-state index is -4.43. The lowest BCUT2D eigenvalue weighted by Gasteiger charge is -2.37. The quantitative estimate of drug-likeness (QED) is 0.148. The van der Waals surface area contributed by atoms with E-state index >= 15 is 0 Å². The van der Waals surface area contributed by atoms with Crippen LogP contribution in [-0.2, 0) is 41.8 Å². The van der Waals surface area contributed by atoms with Crippen molar-refractivity contribution < 1.29 is 37.2 Å². The Hall–Kier alpha value is -3.26. The van der Waals surface area contributed by atoms with E-state index in [1.54, 1.807) is 24.3 Å². The van der Waals surface area contributed by atoms with E-state index in [2.05, 4.69) is 10.0 Å². The first kappa shape index (κ1) is 35.6. The fourth-order valence-corrected chi connectivity index (χ4v) is 8.56. The van der Waals surface area contributed by atoms with Gasteiger partial charge in [-0.3, -0.25) is 18.9 Å². The molecule has 3 aromatic carbocycles. The first-order valence-corrected chi connectivity index (χ1v) is 19.5. The second kappa shape index (κ2) is 16.0. The summed E-state index contributed by atoms with van der Waals surface area (Å²) in [6.45, 7) is 0.161. The van der Waals surface area contributed by atoms with Crippen LogP contribution >= 0.6 is 19.4 Å². The Kier molecular flexibility index (Phi) is 12.4. The molecule has 46 heavy (non-hydrogen) atoms. The van der Waals surface area contributed by atoms with Crippen molar-refractivity contribution in [3.63, 3.8) is 0 Å². The molecule has 0 spiro atoms. The number of piperidine rings is 1. The van der Waals surface area contributed by atoms with Gasteiger partial charge in [-0.2, -0.15) is 0 Å². The predicted molar refractivity (Wildman–Crippen MR) is 178 cm³/mol. The highest BCUT2D eigenvalue weighted by molar-refractivity contribution is 8.04. The lowest BCUT2D eigenvalue weighted by molar-refractivity contribution is -0.143. The highest BCUT2D eigenvalue weighted by Gasteiger charge is 2.38. The molecule has 0 aliphatic carbocycles. The van der Waals surface area contributed by atoms with Crippen molar-refractivity contribution in [2.45, 2.75) is 50.2 Å². The molecule has 1 aliphatic heterocycles. The zero-order chi connectivity index (χ0) is 33.3. The molecule has 3 aromatic rings. The number of thioether (sulfide) groups is 1. The summed E-state index contributed by atoms with van der Waals surface area (Å²) in [4.78, 5) is 59.8. The third-order valence-electron chi connectivity index (χ3n) is 7.67. The summed E-state index contributed by atoms with van der Waals surface area (Å²) in [5.41, 5.74) is 6.63. The summed E-state index contributed by atoms with van der Waals surface area (Å²) in [7, 11) is -8.44. The van der Waals surface area contributed by atoms with Gasteiger partial charge in [0.1, 0.15) is 18.1 Å². The van der Waals surface area contributed by atoms with Gasteiger partial charge in [-0.25, -0.2) is 13.1 Å². The number of nitrogens with zero attached hydrogens (tertiary/aromatic N) is 1. The number of carbonyl (C=O) groups excluding carboxylic acids is 3. The number of nitrogens with one attached hydrogen (secondary N) is 2. The van der Waals surface area contributed by atoms with Gasteiger partial charge in [0.2, 0.25) is 27.7 Å². The number of hydrogen-bond donors (Lipinski definition) is 5. The minimum Gasteiger partial charge on any atom is -0.368 e. The van der Waals surface area contributed by atoms with Crippen molar-refractivity contribution in [1.82, 2.24) is 14.9 Å². The molecule has 6 N–H and O–H groups in total. The zero-order valence-corrected chi connectivity index (χ0v) is 27.7. The number of primary amides is 1. The second-order valence-corrected chi connectivity index (χ2v) is 16.3. The molecule has 3 atom stereocenters. The number of hydrogen-bond acceptors (Lipinski definition) is 7. The van der Waals surface area contributed by atoms with Crippen molar-refractivity contribution in [1.29, 1.82) is 0 Å². The van der Waals surface area contributed by atoms with E-state index in [0.29, 0.717) is 12.8 Å². The van der Waals surface area contributed by atoms with Crippen LogP contribution in [0.25, 0.3) is 10.8 Å². The van der Waals surface area contributed by atoms with Crippen LogP contribution in [0.15, 0.2) is 72.8 Å². The predicted octanol–water partition coefficient (Wildman–Crippen LogP) is 2.13. The molecule has 15 heteroatoms. The molecule has 3 amide bonds. The molecule has 1 saturated heterocycles. The minimum absolute atomic E-state index is 0.134. The SMILES string of the molecule is NC(=O)C(Cc1ccc2ccccc2c1)NC(=O)C1CCCCN1C(=O)C(CSCP(=O)(O)O)NS(=O)(=O)CCc1ccccc1. The van der Waals surface area contributed by atoms with E-state index in [0.717, 1.165) is 33.7 Å². The molecule has 3 unspecified atom stereocenters. The average Bonchev–Trinajstić information content (AvgIpc) is 3.02. The number of rotatable bonds is 15. The maximum Gasteiger partial charge on any atom is 0.335 e. The summed E-state index contributed by atoms with van der Waals surface area (Å²) in [5, 5.41) is 4.69. The fraction of sp³-hybridized carbons (Fsp3) is 0.387. The van der Waals surface area contributed by atoms with Gasteiger partial charge in [0, 0.05) is 18.7 Å². The molecule has 1 heterocycles. The smallest absolute Gasteiger partial charge is 0.335 e. The zero-order valence-electron chi connectivity index (χ0n) is 25.2. The van der Waals surface area contributed by atoms with E-state index in [-0.39, 0.29) is 37.3 Å². The maximum absolute atomic E-state index is 13.9. The number of likely N-dealkylation sites (tertiary alicyclic amines) is 1. The summed E-state index contributed by atoms with van der Waals surface area (Å²) in [6.07, 6.45) is 1.79. The third-order valence-corrected chi connectivity index (χ3v) is 11.7. The lowest BCUT2D eigenvalue weighted by Crippen LogP contribution is -2.60. The maximum atomic E-state index is 13.9. The molecule has 1 aliphatic rings. The van der Waals surface area contributed by atoms with E-state index in [1.165, 1.54) is 4.90 Å². The van der Waals surface area contributed by atoms with Crippen LogP contribution in [0.5, 0.6) is 0 Å². The molecule has 0 radical (unpaired) electrons. The Balaban J connectivity index is 1.49. The number of carbonyl (C=O) groups is 3. The van der Waals surface area contributed by atoms with Crippen LogP contribution in [0.2, 0.25) is 0 Å². The number of sulfonamides is 1. The topological polar surface area (TPSA) is 196 Å². The van der Waals surface area contributed by atoms with Crippen LogP contribution in [0, 0.1) is 0 Å². The Morgan fingerprint density at radius 2 is 1.65 bits per heavy atom. The highest BCUT2D eigenvalue weighted by Crippen LogP contribution is 2.38. The molecule has 0 saturated carbocycles. The van der Waals surface area contributed by atoms with Gasteiger partial charge < -0.3 is 25.7 Å². The fourth-order valence-electron chi connectivity index (χ4n) is 5.38. The van der Waals surface area contributed by atoms with Gasteiger partial charge in [-0.05, 0) is 47.6 Å². The van der Waals surface area contributed by atoms with E-state index in [1.807, 2.05) is 48.5 Å². The Morgan fingerprint density at radius 1 is 0.957 bits per heavy atom. The summed E-state index contributed by atoms with van der Waals surface area (Å²) in [5.74, 6) is -2.60. The second-order valence-electron chi connectivity index (χ2n) is 11.3. The van der Waals surface area contributed by atoms with Crippen molar-refractivity contribution in [3.05, 3.63) is 83.9 Å². The molecule has 248 valence electrons. The molecule has 1 fully saturated rings. The van der Waals surface area contributed by atoms with Gasteiger partial charge in [-0.1, -0.05) is 72.8 Å². The molecule has 0 aromatic heterocycles. The normalized spacial score (nSPS) is 16.9. The summed E-state index contributed by atoms with van der Waals surface area (Å²) < 4.78 is 40.0. The summed E-state index contributed by atoms with van der Waals surface area (Å²) >= 11 is 0.743. The van der Waals surface area contributed by atoms with Crippen LogP contribution in [-0.4, -0.2) is 82.5 Å². The molecule has 4 rings (SSSR count). The van der Waals surface area contributed by atoms with Crippen molar-refractivity contribution >= 4 is 57.9 Å². The van der Waals surface area contributed by atoms with Gasteiger partial charge in [0.25, 0.3) is 0 Å². The van der Waals surface area contributed by atoms with Gasteiger partial charge >= 0.3 is 7.60 Å². The highest BCUT2D eigenvalue weighted by atomic mass is 32.2. The largest absolute Gasteiger partial charge is 0.368 e. The van der Waals surface area contributed by atoms with Gasteiger partial charge in [-0.15, -0.1) is 11.8 Å². The van der Waals surface area contributed by atoms with Crippen LogP contribution < -0.4 is 15.8 Å². The Bertz CT molecular complexity index is 1690. The third kappa shape index (κ3) is 10.6. The standard InChI is InChI=1S/C31H39N4O8PS2/c32-29(36)26(19-23-13-14-24-10-4-5-11-25(24)18-23)33-30(37)28-12-6-7-16-35(28)31(38)27(20-45-21-44(39,40)41)34-46(42,43)17-15-22-8-2-1-3-9-22/h1-5,8-11,13-14,18,26-28,34H,6-7,12,15-17,19-21H2,(H2,32,36)(H,33,37)(H2,39,40,41). The average molecular weight is 691 g/mol. The van der Waals surface area contributed by atoms with Gasteiger partial charge in [0.15, 0.2) is 0 Å². The van der Waals surface area contributed by atoms with Crippen LogP contribution in [0.4, 0.5) is 0 Å². The molecule has 0 bridgehead atoms.